The molecule has 0 amide bonds. The van der Waals surface area contributed by atoms with Crippen LogP contribution < -0.4 is 14.8 Å². The third kappa shape index (κ3) is 2.61. The van der Waals surface area contributed by atoms with Gasteiger partial charge in [0.15, 0.2) is 0 Å². The van der Waals surface area contributed by atoms with Crippen molar-refractivity contribution < 1.29 is 9.47 Å². The molecule has 1 N–H and O–H groups in total. The summed E-state index contributed by atoms with van der Waals surface area (Å²) in [4.78, 5) is 0. The van der Waals surface area contributed by atoms with E-state index < -0.39 is 0 Å². The fourth-order valence-electron chi connectivity index (χ4n) is 2.97. The van der Waals surface area contributed by atoms with Gasteiger partial charge < -0.3 is 14.8 Å². The smallest absolute Gasteiger partial charge is 0.126 e. The summed E-state index contributed by atoms with van der Waals surface area (Å²) in [6, 6.07) is 13.0. The summed E-state index contributed by atoms with van der Waals surface area (Å²) < 4.78 is 11.0. The first-order valence-electron chi connectivity index (χ1n) is 7.27. The van der Waals surface area contributed by atoms with E-state index in [1.807, 2.05) is 6.07 Å². The summed E-state index contributed by atoms with van der Waals surface area (Å²) >= 11 is 0. The molecule has 1 aliphatic rings. The van der Waals surface area contributed by atoms with Gasteiger partial charge in [-0.15, -0.1) is 0 Å². The van der Waals surface area contributed by atoms with E-state index in [4.69, 9.17) is 9.47 Å². The summed E-state index contributed by atoms with van der Waals surface area (Å²) in [5.41, 5.74) is 5.08. The molecular weight excluding hydrogens is 262 g/mol. The molecule has 0 spiro atoms. The predicted molar refractivity (Wildman–Crippen MR) is 84.3 cm³/mol. The topological polar surface area (TPSA) is 30.5 Å². The molecule has 1 heterocycles. The lowest BCUT2D eigenvalue weighted by Crippen LogP contribution is -2.30. The predicted octanol–water partition coefficient (Wildman–Crippen LogP) is 3.25. The molecule has 0 saturated heterocycles. The molecule has 0 radical (unpaired) electrons. The Morgan fingerprint density at radius 2 is 1.81 bits per heavy atom. The lowest BCUT2D eigenvalue weighted by atomic mass is 9.88. The molecule has 0 fully saturated rings. The van der Waals surface area contributed by atoms with Crippen LogP contribution in [-0.2, 0) is 6.42 Å². The highest BCUT2D eigenvalue weighted by Gasteiger charge is 2.24. The van der Waals surface area contributed by atoms with Crippen LogP contribution in [-0.4, -0.2) is 20.8 Å². The number of fused-ring (bicyclic) bond motifs is 1. The quantitative estimate of drug-likeness (QED) is 0.938. The van der Waals surface area contributed by atoms with Gasteiger partial charge in [-0.25, -0.2) is 0 Å². The maximum Gasteiger partial charge on any atom is 0.126 e. The standard InChI is InChI=1S/C18H21NO2/c1-12-4-6-13(7-5-12)18-16-10-14(20-2)11-17(21-3)15(16)8-9-19-18/h4-7,10-11,18-19H,8-9H2,1-3H3. The normalized spacial score (nSPS) is 17.2. The Bertz CT molecular complexity index is 634. The molecule has 21 heavy (non-hydrogen) atoms. The van der Waals surface area contributed by atoms with E-state index in [0.29, 0.717) is 0 Å². The van der Waals surface area contributed by atoms with Crippen molar-refractivity contribution in [2.45, 2.75) is 19.4 Å². The molecule has 1 atom stereocenters. The Morgan fingerprint density at radius 1 is 1.05 bits per heavy atom. The van der Waals surface area contributed by atoms with Gasteiger partial charge in [-0.2, -0.15) is 0 Å². The molecule has 110 valence electrons. The van der Waals surface area contributed by atoms with E-state index in [9.17, 15) is 0 Å². The van der Waals surface area contributed by atoms with Crippen molar-refractivity contribution in [1.29, 1.82) is 0 Å². The molecule has 0 saturated carbocycles. The maximum absolute atomic E-state index is 5.55. The third-order valence-electron chi connectivity index (χ3n) is 4.12. The summed E-state index contributed by atoms with van der Waals surface area (Å²) in [5.74, 6) is 1.76. The van der Waals surface area contributed by atoms with Crippen molar-refractivity contribution in [2.75, 3.05) is 20.8 Å². The van der Waals surface area contributed by atoms with Gasteiger partial charge in [0, 0.05) is 18.2 Å². The molecular formula is C18H21NO2. The van der Waals surface area contributed by atoms with Gasteiger partial charge in [0.25, 0.3) is 0 Å². The zero-order valence-corrected chi connectivity index (χ0v) is 12.8. The van der Waals surface area contributed by atoms with E-state index in [1.54, 1.807) is 14.2 Å². The molecule has 0 aromatic heterocycles. The number of rotatable bonds is 3. The molecule has 3 heteroatoms. The van der Waals surface area contributed by atoms with Crippen LogP contribution in [0.1, 0.15) is 28.3 Å². The summed E-state index contributed by atoms with van der Waals surface area (Å²) in [7, 11) is 3.41. The summed E-state index contributed by atoms with van der Waals surface area (Å²) in [6.07, 6.45) is 0.977. The first kappa shape index (κ1) is 14.0. The number of methoxy groups -OCH3 is 2. The van der Waals surface area contributed by atoms with Crippen molar-refractivity contribution in [3.05, 3.63) is 58.7 Å². The van der Waals surface area contributed by atoms with Gasteiger partial charge in [0.1, 0.15) is 11.5 Å². The van der Waals surface area contributed by atoms with Gasteiger partial charge in [0.2, 0.25) is 0 Å². The van der Waals surface area contributed by atoms with Crippen LogP contribution in [0.15, 0.2) is 36.4 Å². The minimum Gasteiger partial charge on any atom is -0.497 e. The van der Waals surface area contributed by atoms with Crippen LogP contribution >= 0.6 is 0 Å². The zero-order chi connectivity index (χ0) is 14.8. The van der Waals surface area contributed by atoms with Gasteiger partial charge in [-0.05, 0) is 30.5 Å². The second kappa shape index (κ2) is 5.78. The Balaban J connectivity index is 2.10. The van der Waals surface area contributed by atoms with Gasteiger partial charge in [-0.3, -0.25) is 0 Å². The van der Waals surface area contributed by atoms with Crippen molar-refractivity contribution in [3.8, 4) is 11.5 Å². The van der Waals surface area contributed by atoms with Crippen molar-refractivity contribution in [3.63, 3.8) is 0 Å². The summed E-state index contributed by atoms with van der Waals surface area (Å²) in [6.45, 7) is 3.06. The first-order chi connectivity index (χ1) is 10.2. The van der Waals surface area contributed by atoms with Crippen molar-refractivity contribution >= 4 is 0 Å². The maximum atomic E-state index is 5.55. The molecule has 3 nitrogen and oxygen atoms in total. The Morgan fingerprint density at radius 3 is 2.48 bits per heavy atom. The highest BCUT2D eigenvalue weighted by atomic mass is 16.5. The molecule has 2 aromatic rings. The second-order valence-corrected chi connectivity index (χ2v) is 5.45. The third-order valence-corrected chi connectivity index (χ3v) is 4.12. The number of aryl methyl sites for hydroxylation is 1. The van der Waals surface area contributed by atoms with Crippen LogP contribution in [0.5, 0.6) is 11.5 Å². The second-order valence-electron chi connectivity index (χ2n) is 5.45. The molecule has 0 aliphatic carbocycles. The molecule has 1 aliphatic heterocycles. The number of ether oxygens (including phenoxy) is 2. The van der Waals surface area contributed by atoms with Crippen LogP contribution in [0.4, 0.5) is 0 Å². The number of hydrogen-bond donors (Lipinski definition) is 1. The van der Waals surface area contributed by atoms with Gasteiger partial charge in [0.05, 0.1) is 20.3 Å². The average Bonchev–Trinajstić information content (AvgIpc) is 2.54. The molecule has 1 unspecified atom stereocenters. The van der Waals surface area contributed by atoms with E-state index in [-0.39, 0.29) is 6.04 Å². The first-order valence-corrected chi connectivity index (χ1v) is 7.27. The van der Waals surface area contributed by atoms with Crippen molar-refractivity contribution in [1.82, 2.24) is 5.32 Å². The number of benzene rings is 2. The summed E-state index contributed by atoms with van der Waals surface area (Å²) in [5, 5.41) is 3.60. The van der Waals surface area contributed by atoms with Gasteiger partial charge in [-0.1, -0.05) is 29.8 Å². The Labute approximate surface area is 125 Å². The highest BCUT2D eigenvalue weighted by molar-refractivity contribution is 5.51. The number of nitrogens with one attached hydrogen (secondary N) is 1. The lowest BCUT2D eigenvalue weighted by molar-refractivity contribution is 0.385. The van der Waals surface area contributed by atoms with E-state index in [1.165, 1.54) is 22.3 Å². The van der Waals surface area contributed by atoms with E-state index in [0.717, 1.165) is 24.5 Å². The number of hydrogen-bond acceptors (Lipinski definition) is 3. The molecule has 0 bridgehead atoms. The zero-order valence-electron chi connectivity index (χ0n) is 12.8. The molecule has 2 aromatic carbocycles. The fraction of sp³-hybridized carbons (Fsp3) is 0.333. The minimum absolute atomic E-state index is 0.193. The van der Waals surface area contributed by atoms with Crippen molar-refractivity contribution in [2.24, 2.45) is 0 Å². The Kier molecular flexibility index (Phi) is 3.84. The minimum atomic E-state index is 0.193. The highest BCUT2D eigenvalue weighted by Crippen LogP contribution is 2.37. The van der Waals surface area contributed by atoms with Crippen LogP contribution in [0.25, 0.3) is 0 Å². The van der Waals surface area contributed by atoms with Crippen LogP contribution in [0.2, 0.25) is 0 Å². The van der Waals surface area contributed by atoms with Crippen LogP contribution in [0, 0.1) is 6.92 Å². The fourth-order valence-corrected chi connectivity index (χ4v) is 2.97. The van der Waals surface area contributed by atoms with E-state index in [2.05, 4.69) is 42.6 Å². The van der Waals surface area contributed by atoms with Gasteiger partial charge >= 0.3 is 0 Å². The largest absolute Gasteiger partial charge is 0.497 e. The lowest BCUT2D eigenvalue weighted by Gasteiger charge is -2.29. The average molecular weight is 283 g/mol. The monoisotopic (exact) mass is 283 g/mol. The Hall–Kier alpha value is -2.00. The SMILES string of the molecule is COc1cc(OC)c2c(c1)C(c1ccc(C)cc1)NCC2. The van der Waals surface area contributed by atoms with E-state index >= 15 is 0 Å². The van der Waals surface area contributed by atoms with Crippen LogP contribution in [0.3, 0.4) is 0 Å². The molecule has 3 rings (SSSR count).